The molecule has 2 aromatic rings. The molecule has 1 saturated heterocycles. The minimum Gasteiger partial charge on any atom is -0.381 e. The van der Waals surface area contributed by atoms with Crippen molar-refractivity contribution in [1.29, 1.82) is 0 Å². The molecule has 1 N–H and O–H groups in total. The number of carbonyl (C=O) groups excluding carboxylic acids is 1. The Kier molecular flexibility index (Phi) is 5.51. The Labute approximate surface area is 156 Å². The molecule has 1 amide bonds. The molecule has 27 heavy (non-hydrogen) atoms. The molecule has 1 fully saturated rings. The van der Waals surface area contributed by atoms with Crippen molar-refractivity contribution >= 4 is 11.6 Å². The van der Waals surface area contributed by atoms with E-state index in [4.69, 9.17) is 4.74 Å². The van der Waals surface area contributed by atoms with Gasteiger partial charge in [-0.05, 0) is 49.6 Å². The van der Waals surface area contributed by atoms with Gasteiger partial charge in [-0.15, -0.1) is 0 Å². The number of nitro groups is 1. The summed E-state index contributed by atoms with van der Waals surface area (Å²) in [6.07, 6.45) is 1.44. The predicted molar refractivity (Wildman–Crippen MR) is 98.3 cm³/mol. The number of benzene rings is 2. The quantitative estimate of drug-likeness (QED) is 0.643. The molecule has 142 valence electrons. The van der Waals surface area contributed by atoms with Crippen LogP contribution in [-0.4, -0.2) is 30.6 Å². The highest BCUT2D eigenvalue weighted by Gasteiger charge is 2.35. The van der Waals surface area contributed by atoms with Crippen LogP contribution in [0.15, 0.2) is 42.5 Å². The van der Waals surface area contributed by atoms with Crippen LogP contribution in [0.4, 0.5) is 10.1 Å². The fraction of sp³-hybridized carbons (Fsp3) is 0.350. The Balaban J connectivity index is 1.77. The predicted octanol–water partition coefficient (Wildman–Crippen LogP) is 3.52. The molecule has 0 unspecified atom stereocenters. The van der Waals surface area contributed by atoms with E-state index in [1.807, 2.05) is 0 Å². The molecule has 0 aromatic heterocycles. The number of nitrogens with one attached hydrogen (secondary N) is 1. The zero-order chi connectivity index (χ0) is 19.4. The number of halogens is 1. The second-order valence-electron chi connectivity index (χ2n) is 6.84. The van der Waals surface area contributed by atoms with Gasteiger partial charge in [-0.2, -0.15) is 0 Å². The molecule has 0 radical (unpaired) electrons. The Morgan fingerprint density at radius 1 is 1.22 bits per heavy atom. The van der Waals surface area contributed by atoms with E-state index in [9.17, 15) is 19.3 Å². The largest absolute Gasteiger partial charge is 0.381 e. The third-order valence-corrected chi connectivity index (χ3v) is 5.15. The Morgan fingerprint density at radius 3 is 2.48 bits per heavy atom. The van der Waals surface area contributed by atoms with Crippen LogP contribution in [0.5, 0.6) is 0 Å². The first-order valence-electron chi connectivity index (χ1n) is 8.78. The molecular weight excluding hydrogens is 351 g/mol. The van der Waals surface area contributed by atoms with Crippen LogP contribution in [0.2, 0.25) is 0 Å². The van der Waals surface area contributed by atoms with Crippen molar-refractivity contribution in [2.24, 2.45) is 0 Å². The third kappa shape index (κ3) is 4.14. The third-order valence-electron chi connectivity index (χ3n) is 5.15. The summed E-state index contributed by atoms with van der Waals surface area (Å²) in [5.41, 5.74) is 1.44. The highest BCUT2D eigenvalue weighted by atomic mass is 19.1. The van der Waals surface area contributed by atoms with Gasteiger partial charge in [0.1, 0.15) is 5.82 Å². The Morgan fingerprint density at radius 2 is 1.89 bits per heavy atom. The Bertz CT molecular complexity index is 846. The van der Waals surface area contributed by atoms with Crippen molar-refractivity contribution in [3.05, 3.63) is 75.1 Å². The Hall–Kier alpha value is -2.80. The van der Waals surface area contributed by atoms with E-state index in [2.05, 4.69) is 5.32 Å². The number of amides is 1. The van der Waals surface area contributed by atoms with Crippen molar-refractivity contribution in [2.75, 3.05) is 19.8 Å². The van der Waals surface area contributed by atoms with Gasteiger partial charge in [0.25, 0.3) is 11.6 Å². The first-order valence-corrected chi connectivity index (χ1v) is 8.78. The van der Waals surface area contributed by atoms with Gasteiger partial charge < -0.3 is 10.1 Å². The fourth-order valence-corrected chi connectivity index (χ4v) is 3.49. The van der Waals surface area contributed by atoms with Crippen molar-refractivity contribution in [1.82, 2.24) is 5.32 Å². The maximum absolute atomic E-state index is 13.3. The number of rotatable bonds is 5. The van der Waals surface area contributed by atoms with E-state index in [0.717, 1.165) is 18.4 Å². The first kappa shape index (κ1) is 19.0. The maximum Gasteiger partial charge on any atom is 0.272 e. The number of hydrogen-bond acceptors (Lipinski definition) is 4. The molecule has 0 aliphatic carbocycles. The van der Waals surface area contributed by atoms with Gasteiger partial charge in [0, 0.05) is 42.4 Å². The summed E-state index contributed by atoms with van der Waals surface area (Å²) in [4.78, 5) is 23.0. The van der Waals surface area contributed by atoms with Gasteiger partial charge >= 0.3 is 0 Å². The van der Waals surface area contributed by atoms with Gasteiger partial charge in [0.15, 0.2) is 0 Å². The van der Waals surface area contributed by atoms with Crippen molar-refractivity contribution < 1.29 is 18.8 Å². The molecule has 1 aliphatic heterocycles. The second-order valence-corrected chi connectivity index (χ2v) is 6.84. The topological polar surface area (TPSA) is 81.5 Å². The van der Waals surface area contributed by atoms with Crippen molar-refractivity contribution in [3.8, 4) is 0 Å². The molecule has 0 bridgehead atoms. The molecule has 6 nitrogen and oxygen atoms in total. The molecule has 1 aliphatic rings. The van der Waals surface area contributed by atoms with Gasteiger partial charge in [-0.3, -0.25) is 14.9 Å². The van der Waals surface area contributed by atoms with Crippen LogP contribution in [0.3, 0.4) is 0 Å². The fourth-order valence-electron chi connectivity index (χ4n) is 3.49. The van der Waals surface area contributed by atoms with E-state index < -0.39 is 4.92 Å². The lowest BCUT2D eigenvalue weighted by molar-refractivity contribution is -0.385. The number of nitrogens with zero attached hydrogens (tertiary/aromatic N) is 1. The van der Waals surface area contributed by atoms with Crippen LogP contribution in [0.1, 0.15) is 34.3 Å². The molecule has 7 heteroatoms. The standard InChI is InChI=1S/C20H21FN2O4/c1-14-12-15(2-7-18(14)23(25)26)19(24)22-13-20(8-10-27-11-9-20)16-3-5-17(21)6-4-16/h2-7,12H,8-11,13H2,1H3,(H,22,24). The lowest BCUT2D eigenvalue weighted by atomic mass is 9.74. The average molecular weight is 372 g/mol. The monoisotopic (exact) mass is 372 g/mol. The number of carbonyl (C=O) groups is 1. The molecule has 3 rings (SSSR count). The van der Waals surface area contributed by atoms with E-state index in [-0.39, 0.29) is 22.8 Å². The number of hydrogen-bond donors (Lipinski definition) is 1. The minimum atomic E-state index is -0.470. The number of aryl methyl sites for hydroxylation is 1. The molecule has 0 saturated carbocycles. The zero-order valence-electron chi connectivity index (χ0n) is 15.0. The molecule has 2 aromatic carbocycles. The first-order chi connectivity index (χ1) is 12.9. The van der Waals surface area contributed by atoms with Gasteiger partial charge in [-0.25, -0.2) is 4.39 Å². The van der Waals surface area contributed by atoms with Gasteiger partial charge in [-0.1, -0.05) is 12.1 Å². The van der Waals surface area contributed by atoms with Crippen LogP contribution in [0.25, 0.3) is 0 Å². The lowest BCUT2D eigenvalue weighted by Crippen LogP contribution is -2.44. The van der Waals surface area contributed by atoms with E-state index in [1.54, 1.807) is 19.1 Å². The number of nitro benzene ring substituents is 1. The van der Waals surface area contributed by atoms with E-state index >= 15 is 0 Å². The van der Waals surface area contributed by atoms with Crippen LogP contribution in [0, 0.1) is 22.9 Å². The number of ether oxygens (including phenoxy) is 1. The lowest BCUT2D eigenvalue weighted by Gasteiger charge is -2.38. The zero-order valence-corrected chi connectivity index (χ0v) is 15.0. The molecular formula is C20H21FN2O4. The summed E-state index contributed by atoms with van der Waals surface area (Å²) in [6, 6.07) is 10.7. The maximum atomic E-state index is 13.3. The van der Waals surface area contributed by atoms with Crippen molar-refractivity contribution in [3.63, 3.8) is 0 Å². The minimum absolute atomic E-state index is 0.0150. The van der Waals surface area contributed by atoms with Crippen molar-refractivity contribution in [2.45, 2.75) is 25.2 Å². The smallest absolute Gasteiger partial charge is 0.272 e. The van der Waals surface area contributed by atoms with Gasteiger partial charge in [0.2, 0.25) is 0 Å². The molecule has 1 heterocycles. The van der Waals surface area contributed by atoms with Crippen LogP contribution in [-0.2, 0) is 10.2 Å². The summed E-state index contributed by atoms with van der Waals surface area (Å²) < 4.78 is 18.8. The summed E-state index contributed by atoms with van der Waals surface area (Å²) in [6.45, 7) is 3.14. The summed E-state index contributed by atoms with van der Waals surface area (Å²) in [5, 5.41) is 13.9. The highest BCUT2D eigenvalue weighted by Crippen LogP contribution is 2.34. The molecule has 0 atom stereocenters. The van der Waals surface area contributed by atoms with Crippen LogP contribution >= 0.6 is 0 Å². The summed E-state index contributed by atoms with van der Waals surface area (Å²) in [7, 11) is 0. The average Bonchev–Trinajstić information content (AvgIpc) is 2.67. The molecule has 0 spiro atoms. The normalized spacial score (nSPS) is 15.9. The van der Waals surface area contributed by atoms with Crippen LogP contribution < -0.4 is 5.32 Å². The summed E-state index contributed by atoms with van der Waals surface area (Å²) in [5.74, 6) is -0.590. The van der Waals surface area contributed by atoms with E-state index in [1.165, 1.54) is 30.3 Å². The van der Waals surface area contributed by atoms with E-state index in [0.29, 0.717) is 30.9 Å². The highest BCUT2D eigenvalue weighted by molar-refractivity contribution is 5.94. The second kappa shape index (κ2) is 7.84. The van der Waals surface area contributed by atoms with Gasteiger partial charge in [0.05, 0.1) is 4.92 Å². The SMILES string of the molecule is Cc1cc(C(=O)NCC2(c3ccc(F)cc3)CCOCC2)ccc1[N+](=O)[O-]. The summed E-state index contributed by atoms with van der Waals surface area (Å²) >= 11 is 0.